The Morgan fingerprint density at radius 2 is 1.17 bits per heavy atom. The van der Waals surface area contributed by atoms with Crippen molar-refractivity contribution >= 4 is 11.9 Å². The van der Waals surface area contributed by atoms with Crippen molar-refractivity contribution in [1.82, 2.24) is 10.6 Å². The lowest BCUT2D eigenvalue weighted by Crippen LogP contribution is -2.61. The van der Waals surface area contributed by atoms with Crippen LogP contribution >= 0.6 is 0 Å². The van der Waals surface area contributed by atoms with E-state index in [0.29, 0.717) is 0 Å². The summed E-state index contributed by atoms with van der Waals surface area (Å²) in [4.78, 5) is 28.3. The quantitative estimate of drug-likeness (QED) is 0.224. The summed E-state index contributed by atoms with van der Waals surface area (Å²) in [6.45, 7) is 11.1. The molecule has 5 rings (SSSR count). The first kappa shape index (κ1) is 29.3. The summed E-state index contributed by atoms with van der Waals surface area (Å²) in [7, 11) is 0. The molecule has 0 aromatic heterocycles. The number of carbonyl (C=O) groups excluding carboxylic acids is 2. The monoisotopic (exact) mass is 560 g/mol. The van der Waals surface area contributed by atoms with E-state index in [4.69, 9.17) is 4.74 Å². The maximum atomic E-state index is 14.2. The summed E-state index contributed by atoms with van der Waals surface area (Å²) in [6, 6.07) is 35.3. The molecule has 2 N–H and O–H groups in total. The highest BCUT2D eigenvalue weighted by atomic mass is 16.6. The fraction of sp³-hybridized carbons (Fsp3) is 0.297. The molecule has 0 aliphatic heterocycles. The van der Waals surface area contributed by atoms with Crippen LogP contribution in [0.15, 0.2) is 109 Å². The molecule has 0 unspecified atom stereocenters. The van der Waals surface area contributed by atoms with Crippen molar-refractivity contribution in [3.63, 3.8) is 0 Å². The van der Waals surface area contributed by atoms with Gasteiger partial charge in [0.2, 0.25) is 5.91 Å². The summed E-state index contributed by atoms with van der Waals surface area (Å²) >= 11 is 0. The summed E-state index contributed by atoms with van der Waals surface area (Å²) in [5.74, 6) is -0.725. The van der Waals surface area contributed by atoms with Crippen molar-refractivity contribution < 1.29 is 14.3 Å². The maximum Gasteiger partial charge on any atom is 0.324 e. The van der Waals surface area contributed by atoms with Crippen molar-refractivity contribution in [3.05, 3.63) is 131 Å². The topological polar surface area (TPSA) is 67.4 Å². The number of benzene rings is 4. The fourth-order valence-electron chi connectivity index (χ4n) is 5.92. The molecular formula is C37H40N2O3. The molecule has 5 nitrogen and oxygen atoms in total. The molecule has 1 aliphatic carbocycles. The van der Waals surface area contributed by atoms with E-state index >= 15 is 0 Å². The van der Waals surface area contributed by atoms with Crippen LogP contribution in [0.25, 0.3) is 11.1 Å². The Balaban J connectivity index is 1.65. The lowest BCUT2D eigenvalue weighted by molar-refractivity contribution is -0.164. The van der Waals surface area contributed by atoms with Crippen LogP contribution in [-0.2, 0) is 19.9 Å². The van der Waals surface area contributed by atoms with Gasteiger partial charge in [-0.15, -0.1) is 0 Å². The van der Waals surface area contributed by atoms with Crippen LogP contribution < -0.4 is 10.6 Å². The van der Waals surface area contributed by atoms with Crippen molar-refractivity contribution in [2.75, 3.05) is 0 Å². The van der Waals surface area contributed by atoms with E-state index in [0.717, 1.165) is 33.4 Å². The standard InChI is InChI=1S/C37H40N2O3/c1-25(26-17-9-7-10-18-26)38-34(41)36(5,6)32(33(40)42-35(2,3)4)39-37(27-19-11-8-12-20-27)30-23-15-13-21-28(30)29-22-14-16-24-31(29)37/h7-25,32,39H,1-6H3,(H,38,41)/t25-,32-/m0/s1. The van der Waals surface area contributed by atoms with Gasteiger partial charge < -0.3 is 10.1 Å². The van der Waals surface area contributed by atoms with Gasteiger partial charge in [0, 0.05) is 0 Å². The van der Waals surface area contributed by atoms with Crippen LogP contribution in [0.1, 0.15) is 69.8 Å². The molecule has 4 aromatic rings. The largest absolute Gasteiger partial charge is 0.459 e. The smallest absolute Gasteiger partial charge is 0.324 e. The highest BCUT2D eigenvalue weighted by Gasteiger charge is 2.52. The first-order valence-corrected chi connectivity index (χ1v) is 14.6. The van der Waals surface area contributed by atoms with Gasteiger partial charge in [0.1, 0.15) is 11.6 Å². The van der Waals surface area contributed by atoms with Gasteiger partial charge in [0.15, 0.2) is 0 Å². The summed E-state index contributed by atoms with van der Waals surface area (Å²) in [5, 5.41) is 6.94. The third-order valence-electron chi connectivity index (χ3n) is 8.12. The second kappa shape index (κ2) is 11.2. The Hall–Kier alpha value is -4.22. The van der Waals surface area contributed by atoms with Crippen molar-refractivity contribution in [2.45, 2.75) is 64.8 Å². The normalized spacial score (nSPS) is 15.2. The van der Waals surface area contributed by atoms with Gasteiger partial charge in [-0.3, -0.25) is 14.9 Å². The Labute approximate surface area is 249 Å². The lowest BCUT2D eigenvalue weighted by Gasteiger charge is -2.42. The molecule has 0 radical (unpaired) electrons. The lowest BCUT2D eigenvalue weighted by atomic mass is 9.76. The van der Waals surface area contributed by atoms with Gasteiger partial charge in [-0.05, 0) is 74.9 Å². The highest BCUT2D eigenvalue weighted by Crippen LogP contribution is 2.51. The second-order valence-corrected chi connectivity index (χ2v) is 12.6. The minimum Gasteiger partial charge on any atom is -0.459 e. The van der Waals surface area contributed by atoms with Crippen molar-refractivity contribution in [3.8, 4) is 11.1 Å². The predicted octanol–water partition coefficient (Wildman–Crippen LogP) is 7.16. The van der Waals surface area contributed by atoms with E-state index in [1.165, 1.54) is 0 Å². The Kier molecular flexibility index (Phi) is 7.82. The first-order valence-electron chi connectivity index (χ1n) is 14.6. The highest BCUT2D eigenvalue weighted by molar-refractivity contribution is 5.91. The average Bonchev–Trinajstić information content (AvgIpc) is 3.26. The third kappa shape index (κ3) is 5.37. The minimum absolute atomic E-state index is 0.242. The number of ether oxygens (including phenoxy) is 1. The number of carbonyl (C=O) groups is 2. The van der Waals surface area contributed by atoms with Crippen LogP contribution in [0, 0.1) is 5.41 Å². The average molecular weight is 561 g/mol. The number of nitrogens with one attached hydrogen (secondary N) is 2. The SMILES string of the molecule is C[C@H](NC(=O)C(C)(C)[C@@H](NC1(c2ccccc2)c2ccccc2-c2ccccc21)C(=O)OC(C)(C)C)c1ccccc1. The molecule has 1 amide bonds. The molecule has 0 saturated carbocycles. The van der Waals surface area contributed by atoms with E-state index in [2.05, 4.69) is 47.0 Å². The van der Waals surface area contributed by atoms with Crippen LogP contribution in [0.2, 0.25) is 0 Å². The zero-order chi connectivity index (χ0) is 30.1. The van der Waals surface area contributed by atoms with E-state index in [9.17, 15) is 9.59 Å². The third-order valence-corrected chi connectivity index (χ3v) is 8.12. The Bertz CT molecular complexity index is 1530. The maximum absolute atomic E-state index is 14.2. The summed E-state index contributed by atoms with van der Waals surface area (Å²) < 4.78 is 6.01. The molecule has 0 spiro atoms. The number of amides is 1. The van der Waals surface area contributed by atoms with Crippen LogP contribution in [0.5, 0.6) is 0 Å². The van der Waals surface area contributed by atoms with Crippen LogP contribution in [-0.4, -0.2) is 23.5 Å². The number of hydrogen-bond acceptors (Lipinski definition) is 4. The fourth-order valence-corrected chi connectivity index (χ4v) is 5.92. The molecule has 4 aromatic carbocycles. The molecule has 1 aliphatic rings. The van der Waals surface area contributed by atoms with Gasteiger partial charge in [0.25, 0.3) is 0 Å². The summed E-state index contributed by atoms with van der Waals surface area (Å²) in [6.07, 6.45) is 0. The van der Waals surface area contributed by atoms with Crippen LogP contribution in [0.3, 0.4) is 0 Å². The molecule has 0 fully saturated rings. The van der Waals surface area contributed by atoms with E-state index < -0.39 is 28.6 Å². The molecule has 5 heteroatoms. The molecule has 42 heavy (non-hydrogen) atoms. The summed E-state index contributed by atoms with van der Waals surface area (Å²) in [5.41, 5.74) is 3.36. The number of fused-ring (bicyclic) bond motifs is 3. The van der Waals surface area contributed by atoms with Crippen molar-refractivity contribution in [2.24, 2.45) is 5.41 Å². The molecule has 216 valence electrons. The van der Waals surface area contributed by atoms with Gasteiger partial charge >= 0.3 is 5.97 Å². The molecule has 0 heterocycles. The zero-order valence-electron chi connectivity index (χ0n) is 25.3. The first-order chi connectivity index (χ1) is 19.9. The number of esters is 1. The van der Waals surface area contributed by atoms with Gasteiger partial charge in [-0.2, -0.15) is 0 Å². The van der Waals surface area contributed by atoms with Gasteiger partial charge in [0.05, 0.1) is 17.0 Å². The van der Waals surface area contributed by atoms with E-state index in [1.807, 2.05) is 114 Å². The van der Waals surface area contributed by atoms with Crippen molar-refractivity contribution in [1.29, 1.82) is 0 Å². The number of hydrogen-bond donors (Lipinski definition) is 2. The van der Waals surface area contributed by atoms with Gasteiger partial charge in [-0.1, -0.05) is 109 Å². The number of rotatable bonds is 8. The Morgan fingerprint density at radius 3 is 1.69 bits per heavy atom. The molecule has 0 bridgehead atoms. The predicted molar refractivity (Wildman–Crippen MR) is 168 cm³/mol. The van der Waals surface area contributed by atoms with Gasteiger partial charge in [-0.25, -0.2) is 0 Å². The van der Waals surface area contributed by atoms with E-state index in [-0.39, 0.29) is 11.9 Å². The second-order valence-electron chi connectivity index (χ2n) is 12.6. The Morgan fingerprint density at radius 1 is 0.690 bits per heavy atom. The molecular weight excluding hydrogens is 520 g/mol. The molecule has 2 atom stereocenters. The minimum atomic E-state index is -1.19. The molecule has 0 saturated heterocycles. The zero-order valence-corrected chi connectivity index (χ0v) is 25.3. The van der Waals surface area contributed by atoms with Crippen LogP contribution in [0.4, 0.5) is 0 Å². The van der Waals surface area contributed by atoms with E-state index in [1.54, 1.807) is 0 Å².